The Kier molecular flexibility index (Phi) is 5.52. The predicted octanol–water partition coefficient (Wildman–Crippen LogP) is 1.11. The van der Waals surface area contributed by atoms with Crippen LogP contribution in [0.5, 0.6) is 5.75 Å². The van der Waals surface area contributed by atoms with Crippen molar-refractivity contribution in [3.05, 3.63) is 29.8 Å². The molecule has 0 spiro atoms. The lowest BCUT2D eigenvalue weighted by molar-refractivity contribution is -0.155. The van der Waals surface area contributed by atoms with Gasteiger partial charge in [-0.25, -0.2) is 0 Å². The second kappa shape index (κ2) is 7.51. The Labute approximate surface area is 152 Å². The SMILES string of the molecule is CN1[C@@H]2CC[C@H]1CC(OC(=O)C(CO)c1ccc(OS(=O)(=O)O)cc1)C2. The van der Waals surface area contributed by atoms with E-state index in [9.17, 15) is 18.3 Å². The number of carbonyl (C=O) groups excluding carboxylic acids is 1. The van der Waals surface area contributed by atoms with Crippen LogP contribution < -0.4 is 4.18 Å². The average molecular weight is 385 g/mol. The van der Waals surface area contributed by atoms with Gasteiger partial charge in [-0.3, -0.25) is 9.35 Å². The topological polar surface area (TPSA) is 113 Å². The third-order valence-corrected chi connectivity index (χ3v) is 5.69. The van der Waals surface area contributed by atoms with Gasteiger partial charge in [-0.2, -0.15) is 8.42 Å². The summed E-state index contributed by atoms with van der Waals surface area (Å²) < 4.78 is 40.1. The fourth-order valence-electron chi connectivity index (χ4n) is 3.90. The number of hydrogen-bond donors (Lipinski definition) is 2. The molecule has 0 radical (unpaired) electrons. The molecule has 2 saturated heterocycles. The zero-order valence-electron chi connectivity index (χ0n) is 14.4. The number of ether oxygens (including phenoxy) is 1. The summed E-state index contributed by atoms with van der Waals surface area (Å²) >= 11 is 0. The summed E-state index contributed by atoms with van der Waals surface area (Å²) in [5, 5.41) is 9.62. The minimum Gasteiger partial charge on any atom is -0.462 e. The Morgan fingerprint density at radius 3 is 2.31 bits per heavy atom. The molecule has 2 heterocycles. The highest BCUT2D eigenvalue weighted by Crippen LogP contribution is 2.36. The van der Waals surface area contributed by atoms with Gasteiger partial charge in [0.25, 0.3) is 0 Å². The molecule has 26 heavy (non-hydrogen) atoms. The second-order valence-electron chi connectivity index (χ2n) is 6.90. The molecule has 0 aromatic heterocycles. The lowest BCUT2D eigenvalue weighted by Crippen LogP contribution is -2.43. The maximum absolute atomic E-state index is 12.5. The summed E-state index contributed by atoms with van der Waals surface area (Å²) in [7, 11) is -2.50. The molecule has 2 bridgehead atoms. The average Bonchev–Trinajstić information content (AvgIpc) is 2.78. The Bertz CT molecular complexity index is 735. The molecule has 1 aromatic carbocycles. The largest absolute Gasteiger partial charge is 0.462 e. The molecule has 8 nitrogen and oxygen atoms in total. The lowest BCUT2D eigenvalue weighted by atomic mass is 9.98. The van der Waals surface area contributed by atoms with Gasteiger partial charge in [-0.15, -0.1) is 0 Å². The van der Waals surface area contributed by atoms with Crippen molar-refractivity contribution in [1.29, 1.82) is 0 Å². The van der Waals surface area contributed by atoms with Crippen molar-refractivity contribution in [2.75, 3.05) is 13.7 Å². The highest BCUT2D eigenvalue weighted by molar-refractivity contribution is 7.81. The fourth-order valence-corrected chi connectivity index (χ4v) is 4.25. The van der Waals surface area contributed by atoms with Crippen molar-refractivity contribution in [1.82, 2.24) is 4.90 Å². The number of nitrogens with zero attached hydrogens (tertiary/aromatic N) is 1. The Hall–Kier alpha value is -1.68. The number of esters is 1. The van der Waals surface area contributed by atoms with E-state index in [0.29, 0.717) is 17.6 Å². The van der Waals surface area contributed by atoms with Crippen LogP contribution in [-0.2, 0) is 19.9 Å². The third kappa shape index (κ3) is 4.35. The van der Waals surface area contributed by atoms with Crippen molar-refractivity contribution in [2.45, 2.75) is 49.8 Å². The number of carbonyl (C=O) groups is 1. The first-order valence-corrected chi connectivity index (χ1v) is 9.93. The van der Waals surface area contributed by atoms with Crippen LogP contribution in [0.25, 0.3) is 0 Å². The zero-order chi connectivity index (χ0) is 18.9. The summed E-state index contributed by atoms with van der Waals surface area (Å²) in [6.07, 6.45) is 3.70. The number of benzene rings is 1. The van der Waals surface area contributed by atoms with Crippen LogP contribution in [0.3, 0.4) is 0 Å². The molecule has 1 aromatic rings. The van der Waals surface area contributed by atoms with Crippen LogP contribution in [0.15, 0.2) is 24.3 Å². The summed E-state index contributed by atoms with van der Waals surface area (Å²) in [5.74, 6) is -1.44. The Morgan fingerprint density at radius 2 is 1.81 bits per heavy atom. The summed E-state index contributed by atoms with van der Waals surface area (Å²) in [6.45, 7) is -0.420. The molecule has 2 fully saturated rings. The van der Waals surface area contributed by atoms with E-state index in [0.717, 1.165) is 25.7 Å². The van der Waals surface area contributed by atoms with E-state index in [1.165, 1.54) is 24.3 Å². The van der Waals surface area contributed by atoms with E-state index in [-0.39, 0.29) is 11.9 Å². The molecule has 0 amide bonds. The Balaban J connectivity index is 1.64. The van der Waals surface area contributed by atoms with E-state index in [4.69, 9.17) is 9.29 Å². The van der Waals surface area contributed by atoms with Crippen molar-refractivity contribution in [3.8, 4) is 5.75 Å². The van der Waals surface area contributed by atoms with Gasteiger partial charge in [0.1, 0.15) is 17.8 Å². The van der Waals surface area contributed by atoms with E-state index in [1.54, 1.807) is 0 Å². The molecule has 2 unspecified atom stereocenters. The van der Waals surface area contributed by atoms with Crippen LogP contribution in [0.1, 0.15) is 37.2 Å². The molecule has 0 aliphatic carbocycles. The molecule has 9 heteroatoms. The predicted molar refractivity (Wildman–Crippen MR) is 92.1 cm³/mol. The summed E-state index contributed by atoms with van der Waals surface area (Å²) in [4.78, 5) is 14.9. The molecule has 144 valence electrons. The van der Waals surface area contributed by atoms with Crippen LogP contribution in [0.4, 0.5) is 0 Å². The van der Waals surface area contributed by atoms with E-state index in [2.05, 4.69) is 16.1 Å². The van der Waals surface area contributed by atoms with E-state index in [1.807, 2.05) is 0 Å². The standard InChI is InChI=1S/C17H23NO7S/c1-18-12-4-5-13(18)9-15(8-12)24-17(20)16(10-19)11-2-6-14(7-3-11)25-26(21,22)23/h2-3,6-7,12-13,15-16,19H,4-5,8-10H2,1H3,(H,21,22,23)/t12-,13+,15?,16?. The van der Waals surface area contributed by atoms with Crippen LogP contribution in [0, 0.1) is 0 Å². The first-order valence-electron chi connectivity index (χ1n) is 8.57. The number of hydrogen-bond acceptors (Lipinski definition) is 7. The monoisotopic (exact) mass is 385 g/mol. The van der Waals surface area contributed by atoms with Gasteiger partial charge in [0.15, 0.2) is 0 Å². The van der Waals surface area contributed by atoms with Crippen molar-refractivity contribution in [2.24, 2.45) is 0 Å². The van der Waals surface area contributed by atoms with Crippen LogP contribution in [0.2, 0.25) is 0 Å². The maximum Gasteiger partial charge on any atom is 0.446 e. The highest BCUT2D eigenvalue weighted by atomic mass is 32.3. The van der Waals surface area contributed by atoms with Gasteiger partial charge in [0.2, 0.25) is 0 Å². The molecular formula is C17H23NO7S. The first-order chi connectivity index (χ1) is 12.3. The minimum absolute atomic E-state index is 0.0896. The van der Waals surface area contributed by atoms with E-state index >= 15 is 0 Å². The van der Waals surface area contributed by atoms with E-state index < -0.39 is 28.9 Å². The number of aliphatic hydroxyl groups is 1. The lowest BCUT2D eigenvalue weighted by Gasteiger charge is -2.36. The fraction of sp³-hybridized carbons (Fsp3) is 0.588. The molecule has 2 N–H and O–H groups in total. The second-order valence-corrected chi connectivity index (χ2v) is 7.92. The maximum atomic E-state index is 12.5. The molecule has 3 rings (SSSR count). The van der Waals surface area contributed by atoms with Crippen molar-refractivity contribution in [3.63, 3.8) is 0 Å². The molecular weight excluding hydrogens is 362 g/mol. The number of fused-ring (bicyclic) bond motifs is 2. The molecule has 2 aliphatic rings. The number of aliphatic hydroxyl groups excluding tert-OH is 1. The van der Waals surface area contributed by atoms with Gasteiger partial charge in [-0.1, -0.05) is 12.1 Å². The Morgan fingerprint density at radius 1 is 1.23 bits per heavy atom. The quantitative estimate of drug-likeness (QED) is 0.553. The van der Waals surface area contributed by atoms with Crippen molar-refractivity contribution < 1.29 is 31.8 Å². The molecule has 2 aliphatic heterocycles. The van der Waals surface area contributed by atoms with Crippen LogP contribution >= 0.6 is 0 Å². The third-order valence-electron chi connectivity index (χ3n) is 5.29. The van der Waals surface area contributed by atoms with Crippen molar-refractivity contribution >= 4 is 16.4 Å². The van der Waals surface area contributed by atoms with Gasteiger partial charge in [-0.05, 0) is 50.4 Å². The van der Waals surface area contributed by atoms with Gasteiger partial charge < -0.3 is 18.9 Å². The first kappa shape index (κ1) is 19.1. The zero-order valence-corrected chi connectivity index (χ0v) is 15.3. The summed E-state index contributed by atoms with van der Waals surface area (Å²) in [6, 6.07) is 6.40. The summed E-state index contributed by atoms with van der Waals surface area (Å²) in [5.41, 5.74) is 0.482. The smallest absolute Gasteiger partial charge is 0.446 e. The van der Waals surface area contributed by atoms with Gasteiger partial charge in [0.05, 0.1) is 6.61 Å². The van der Waals surface area contributed by atoms with Gasteiger partial charge >= 0.3 is 16.4 Å². The molecule has 0 saturated carbocycles. The van der Waals surface area contributed by atoms with Gasteiger partial charge in [0, 0.05) is 12.1 Å². The minimum atomic E-state index is -4.61. The van der Waals surface area contributed by atoms with Crippen LogP contribution in [-0.4, -0.2) is 60.8 Å². The highest BCUT2D eigenvalue weighted by Gasteiger charge is 2.40. The normalized spacial score (nSPS) is 27.1. The molecule has 4 atom stereocenters. The number of rotatable bonds is 6. The number of piperidine rings is 1.